The topological polar surface area (TPSA) is 29.5 Å². The van der Waals surface area contributed by atoms with Gasteiger partial charge in [-0.25, -0.2) is 0 Å². The Bertz CT molecular complexity index is 749. The molecule has 2 aromatic rings. The highest BCUT2D eigenvalue weighted by Gasteiger charge is 2.35. The first-order chi connectivity index (χ1) is 13.7. The average molecular weight is 398 g/mol. The summed E-state index contributed by atoms with van der Waals surface area (Å²) in [6.07, 6.45) is 4.16. The van der Waals surface area contributed by atoms with E-state index in [2.05, 4.69) is 36.9 Å². The molecule has 0 unspecified atom stereocenters. The third-order valence-corrected chi connectivity index (χ3v) is 6.59. The lowest BCUT2D eigenvalue weighted by Crippen LogP contribution is -2.35. The first kappa shape index (κ1) is 20.8. The summed E-state index contributed by atoms with van der Waals surface area (Å²) in [5.74, 6) is 2.31. The molecule has 2 atom stereocenters. The van der Waals surface area contributed by atoms with Gasteiger partial charge in [0.25, 0.3) is 0 Å². The summed E-state index contributed by atoms with van der Waals surface area (Å²) in [4.78, 5) is 15.3. The highest BCUT2D eigenvalue weighted by atomic mass is 32.2. The lowest BCUT2D eigenvalue weighted by atomic mass is 9.97. The van der Waals surface area contributed by atoms with E-state index in [4.69, 9.17) is 4.74 Å². The minimum absolute atomic E-state index is 0.0511. The van der Waals surface area contributed by atoms with Gasteiger partial charge in [0, 0.05) is 23.8 Å². The Morgan fingerprint density at radius 1 is 1.14 bits per heavy atom. The predicted molar refractivity (Wildman–Crippen MR) is 117 cm³/mol. The second-order valence-corrected chi connectivity index (χ2v) is 8.50. The van der Waals surface area contributed by atoms with Crippen LogP contribution >= 0.6 is 11.8 Å². The first-order valence-corrected chi connectivity index (χ1v) is 11.5. The quantitative estimate of drug-likeness (QED) is 0.515. The maximum Gasteiger partial charge on any atom is 0.226 e. The molecular formula is C24H31NO2S. The molecule has 4 heteroatoms. The molecule has 3 nitrogen and oxygen atoms in total. The minimum atomic E-state index is 0.0511. The smallest absolute Gasteiger partial charge is 0.226 e. The van der Waals surface area contributed by atoms with Crippen LogP contribution in [0.5, 0.6) is 5.75 Å². The Labute approximate surface area is 173 Å². The van der Waals surface area contributed by atoms with Crippen molar-refractivity contribution >= 4 is 17.7 Å². The number of ether oxygens (including phenoxy) is 1. The summed E-state index contributed by atoms with van der Waals surface area (Å²) >= 11 is 1.84. The summed E-state index contributed by atoms with van der Waals surface area (Å²) in [6, 6.07) is 18.4. The van der Waals surface area contributed by atoms with Crippen LogP contribution < -0.4 is 4.74 Å². The number of hydrogen-bond acceptors (Lipinski definition) is 3. The van der Waals surface area contributed by atoms with Gasteiger partial charge >= 0.3 is 0 Å². The second-order valence-electron chi connectivity index (χ2n) is 7.31. The molecule has 1 aliphatic heterocycles. The third-order valence-electron chi connectivity index (χ3n) is 5.34. The van der Waals surface area contributed by atoms with E-state index < -0.39 is 0 Å². The number of amides is 1. The highest BCUT2D eigenvalue weighted by molar-refractivity contribution is 7.99. The van der Waals surface area contributed by atoms with Crippen molar-refractivity contribution in [2.75, 3.05) is 12.3 Å². The Balaban J connectivity index is 1.75. The third kappa shape index (κ3) is 5.11. The van der Waals surface area contributed by atoms with Crippen molar-refractivity contribution < 1.29 is 9.53 Å². The molecule has 1 heterocycles. The molecule has 1 aliphatic rings. The molecule has 0 radical (unpaired) electrons. The van der Waals surface area contributed by atoms with Gasteiger partial charge in [-0.15, -0.1) is 11.8 Å². The molecule has 1 amide bonds. The van der Waals surface area contributed by atoms with Crippen molar-refractivity contribution in [1.82, 2.24) is 4.90 Å². The summed E-state index contributed by atoms with van der Waals surface area (Å²) in [5.41, 5.74) is 2.26. The molecule has 0 aromatic heterocycles. The highest BCUT2D eigenvalue weighted by Crippen LogP contribution is 2.43. The number of nitrogens with zero attached hydrogens (tertiary/aromatic N) is 1. The normalized spacial score (nSPS) is 17.5. The van der Waals surface area contributed by atoms with E-state index in [1.54, 1.807) is 0 Å². The fraction of sp³-hybridized carbons (Fsp3) is 0.458. The van der Waals surface area contributed by atoms with Crippen LogP contribution in [0.15, 0.2) is 54.6 Å². The lowest BCUT2D eigenvalue weighted by Gasteiger charge is -2.29. The van der Waals surface area contributed by atoms with Crippen LogP contribution in [0.3, 0.4) is 0 Å². The van der Waals surface area contributed by atoms with E-state index in [0.717, 1.165) is 54.9 Å². The number of carbonyl (C=O) groups is 1. The molecular weight excluding hydrogens is 366 g/mol. The van der Waals surface area contributed by atoms with Crippen LogP contribution in [0, 0.1) is 5.92 Å². The fourth-order valence-corrected chi connectivity index (χ4v) is 4.98. The van der Waals surface area contributed by atoms with Gasteiger partial charge in [0.15, 0.2) is 0 Å². The SMILES string of the molecule is CCCC[C@H](CC)C(=O)N1CCS[C@H]1c1ccccc1OCc1ccccc1. The van der Waals surface area contributed by atoms with Crippen molar-refractivity contribution in [2.24, 2.45) is 5.92 Å². The molecule has 0 bridgehead atoms. The van der Waals surface area contributed by atoms with E-state index in [1.807, 2.05) is 48.2 Å². The van der Waals surface area contributed by atoms with Gasteiger partial charge in [0.1, 0.15) is 17.7 Å². The van der Waals surface area contributed by atoms with Crippen molar-refractivity contribution in [3.8, 4) is 5.75 Å². The zero-order valence-corrected chi connectivity index (χ0v) is 17.8. The standard InChI is InChI=1S/C24H31NO2S/c1-3-5-13-20(4-2)23(26)25-16-17-28-24(25)21-14-9-10-15-22(21)27-18-19-11-7-6-8-12-19/h6-12,14-15,20,24H,3-5,13,16-18H2,1-2H3/t20-,24-/m0/s1. The molecule has 0 saturated carbocycles. The molecule has 2 aromatic carbocycles. The lowest BCUT2D eigenvalue weighted by molar-refractivity contribution is -0.136. The number of para-hydroxylation sites is 1. The largest absolute Gasteiger partial charge is 0.489 e. The number of carbonyl (C=O) groups excluding carboxylic acids is 1. The van der Waals surface area contributed by atoms with Gasteiger partial charge in [-0.1, -0.05) is 75.2 Å². The predicted octanol–water partition coefficient (Wildman–Crippen LogP) is 6.06. The summed E-state index contributed by atoms with van der Waals surface area (Å²) in [7, 11) is 0. The molecule has 1 saturated heterocycles. The van der Waals surface area contributed by atoms with Crippen molar-refractivity contribution in [3.05, 3.63) is 65.7 Å². The average Bonchev–Trinajstić information content (AvgIpc) is 3.23. The van der Waals surface area contributed by atoms with E-state index >= 15 is 0 Å². The zero-order valence-electron chi connectivity index (χ0n) is 17.0. The van der Waals surface area contributed by atoms with Gasteiger partial charge in [0.2, 0.25) is 5.91 Å². The van der Waals surface area contributed by atoms with Crippen molar-refractivity contribution in [3.63, 3.8) is 0 Å². The van der Waals surface area contributed by atoms with Crippen LogP contribution in [0.4, 0.5) is 0 Å². The number of thioether (sulfide) groups is 1. The van der Waals surface area contributed by atoms with Gasteiger partial charge in [-0.3, -0.25) is 4.79 Å². The van der Waals surface area contributed by atoms with Crippen molar-refractivity contribution in [2.45, 2.75) is 51.5 Å². The molecule has 28 heavy (non-hydrogen) atoms. The van der Waals surface area contributed by atoms with E-state index in [0.29, 0.717) is 12.5 Å². The van der Waals surface area contributed by atoms with E-state index in [9.17, 15) is 4.79 Å². The molecule has 3 rings (SSSR count). The number of hydrogen-bond donors (Lipinski definition) is 0. The number of benzene rings is 2. The van der Waals surface area contributed by atoms with Gasteiger partial charge in [0.05, 0.1) is 0 Å². The number of rotatable bonds is 9. The summed E-state index contributed by atoms with van der Waals surface area (Å²) in [5, 5.41) is 0.0511. The van der Waals surface area contributed by atoms with Crippen LogP contribution in [0.1, 0.15) is 56.0 Å². The monoisotopic (exact) mass is 397 g/mol. The van der Waals surface area contributed by atoms with Crippen LogP contribution in [0.25, 0.3) is 0 Å². The molecule has 150 valence electrons. The summed E-state index contributed by atoms with van der Waals surface area (Å²) in [6.45, 7) is 5.68. The molecule has 0 spiro atoms. The Morgan fingerprint density at radius 2 is 1.89 bits per heavy atom. The molecule has 1 fully saturated rings. The van der Waals surface area contributed by atoms with Gasteiger partial charge in [-0.2, -0.15) is 0 Å². The van der Waals surface area contributed by atoms with Crippen LogP contribution in [-0.4, -0.2) is 23.1 Å². The molecule has 0 aliphatic carbocycles. The maximum absolute atomic E-state index is 13.2. The Kier molecular flexibility index (Phi) is 7.84. The van der Waals surface area contributed by atoms with Crippen LogP contribution in [0.2, 0.25) is 0 Å². The van der Waals surface area contributed by atoms with E-state index in [-0.39, 0.29) is 11.3 Å². The second kappa shape index (κ2) is 10.6. The van der Waals surface area contributed by atoms with Gasteiger partial charge in [-0.05, 0) is 24.5 Å². The zero-order chi connectivity index (χ0) is 19.8. The Hall–Kier alpha value is -1.94. The van der Waals surface area contributed by atoms with Gasteiger partial charge < -0.3 is 9.64 Å². The van der Waals surface area contributed by atoms with Crippen LogP contribution in [-0.2, 0) is 11.4 Å². The Morgan fingerprint density at radius 3 is 2.64 bits per heavy atom. The number of unbranched alkanes of at least 4 members (excludes halogenated alkanes) is 1. The van der Waals surface area contributed by atoms with E-state index in [1.165, 1.54) is 0 Å². The fourth-order valence-electron chi connectivity index (χ4n) is 3.69. The maximum atomic E-state index is 13.2. The van der Waals surface area contributed by atoms with Crippen molar-refractivity contribution in [1.29, 1.82) is 0 Å². The molecule has 0 N–H and O–H groups in total. The minimum Gasteiger partial charge on any atom is -0.489 e. The first-order valence-electron chi connectivity index (χ1n) is 10.4. The summed E-state index contributed by atoms with van der Waals surface area (Å²) < 4.78 is 6.16.